The van der Waals surface area contributed by atoms with Gasteiger partial charge in [-0.05, 0) is 18.2 Å². The molecule has 1 aromatic heterocycles. The van der Waals surface area contributed by atoms with E-state index in [-0.39, 0.29) is 17.4 Å². The number of benzene rings is 1. The Morgan fingerprint density at radius 3 is 2.83 bits per heavy atom. The van der Waals surface area contributed by atoms with Gasteiger partial charge in [0.1, 0.15) is 6.61 Å². The lowest BCUT2D eigenvalue weighted by atomic mass is 10.2. The molecule has 18 heavy (non-hydrogen) atoms. The van der Waals surface area contributed by atoms with Crippen molar-refractivity contribution >= 4 is 9.84 Å². The highest BCUT2D eigenvalue weighted by Gasteiger charge is 2.12. The molecular formula is C11H12N2O4S. The third kappa shape index (κ3) is 2.74. The highest BCUT2D eigenvalue weighted by atomic mass is 32.2. The van der Waals surface area contributed by atoms with Crippen molar-refractivity contribution in [1.29, 1.82) is 0 Å². The lowest BCUT2D eigenvalue weighted by Gasteiger charge is -1.99. The zero-order chi connectivity index (χ0) is 13.2. The van der Waals surface area contributed by atoms with Crippen molar-refractivity contribution in [3.63, 3.8) is 0 Å². The van der Waals surface area contributed by atoms with Gasteiger partial charge >= 0.3 is 0 Å². The first-order valence-electron chi connectivity index (χ1n) is 5.13. The molecule has 0 aliphatic heterocycles. The topological polar surface area (TPSA) is 82.3 Å². The van der Waals surface area contributed by atoms with E-state index in [9.17, 15) is 8.42 Å². The Balaban J connectivity index is 2.38. The summed E-state index contributed by atoms with van der Waals surface area (Å²) < 4.78 is 32.8. The number of hydrogen-bond acceptors (Lipinski definition) is 6. The Labute approximate surface area is 105 Å². The molecule has 1 heterocycles. The Bertz CT molecular complexity index is 649. The number of hydrogen-bond donors (Lipinski definition) is 0. The van der Waals surface area contributed by atoms with Crippen LogP contribution in [0.2, 0.25) is 0 Å². The molecule has 96 valence electrons. The molecule has 0 saturated heterocycles. The molecule has 0 aliphatic rings. The third-order valence-corrected chi connectivity index (χ3v) is 3.36. The van der Waals surface area contributed by atoms with Crippen molar-refractivity contribution in [3.05, 3.63) is 30.1 Å². The molecule has 0 fully saturated rings. The summed E-state index contributed by atoms with van der Waals surface area (Å²) in [5.41, 5.74) is 0.563. The molecular weight excluding hydrogens is 256 g/mol. The first-order valence-corrected chi connectivity index (χ1v) is 7.02. The van der Waals surface area contributed by atoms with Crippen molar-refractivity contribution < 1.29 is 17.7 Å². The van der Waals surface area contributed by atoms with E-state index in [1.54, 1.807) is 12.1 Å². The number of nitrogens with zero attached hydrogens (tertiary/aromatic N) is 2. The molecule has 0 unspecified atom stereocenters. The summed E-state index contributed by atoms with van der Waals surface area (Å²) in [6.45, 7) is 0.245. The predicted molar refractivity (Wildman–Crippen MR) is 63.6 cm³/mol. The maximum atomic E-state index is 11.4. The van der Waals surface area contributed by atoms with E-state index in [2.05, 4.69) is 10.1 Å². The molecule has 0 amide bonds. The van der Waals surface area contributed by atoms with Crippen LogP contribution in [-0.4, -0.2) is 31.9 Å². The van der Waals surface area contributed by atoms with Gasteiger partial charge in [0, 0.05) is 18.9 Å². The van der Waals surface area contributed by atoms with Gasteiger partial charge < -0.3 is 9.26 Å². The second-order valence-corrected chi connectivity index (χ2v) is 5.76. The maximum absolute atomic E-state index is 11.4. The smallest absolute Gasteiger partial charge is 0.258 e. The van der Waals surface area contributed by atoms with Gasteiger partial charge in [-0.15, -0.1) is 0 Å². The number of aromatic nitrogens is 2. The monoisotopic (exact) mass is 268 g/mol. The van der Waals surface area contributed by atoms with Crippen LogP contribution in [0.4, 0.5) is 0 Å². The van der Waals surface area contributed by atoms with E-state index in [0.29, 0.717) is 11.4 Å². The molecule has 2 rings (SSSR count). The minimum atomic E-state index is -3.25. The van der Waals surface area contributed by atoms with Gasteiger partial charge in [0.2, 0.25) is 0 Å². The normalized spacial score (nSPS) is 11.7. The minimum absolute atomic E-state index is 0.214. The highest BCUT2D eigenvalue weighted by Crippen LogP contribution is 2.20. The van der Waals surface area contributed by atoms with Crippen LogP contribution in [0.3, 0.4) is 0 Å². The molecule has 6 nitrogen and oxygen atoms in total. The first-order chi connectivity index (χ1) is 8.50. The summed E-state index contributed by atoms with van der Waals surface area (Å²) >= 11 is 0. The average molecular weight is 268 g/mol. The molecule has 0 N–H and O–H groups in total. The van der Waals surface area contributed by atoms with E-state index in [4.69, 9.17) is 9.26 Å². The van der Waals surface area contributed by atoms with Crippen LogP contribution in [0, 0.1) is 0 Å². The SMILES string of the molecule is COCc1noc(-c2cccc(S(C)(=O)=O)c2)n1. The summed E-state index contributed by atoms with van der Waals surface area (Å²) in [5.74, 6) is 0.685. The van der Waals surface area contributed by atoms with Crippen molar-refractivity contribution in [2.24, 2.45) is 0 Å². The Morgan fingerprint density at radius 1 is 1.39 bits per heavy atom. The minimum Gasteiger partial charge on any atom is -0.377 e. The van der Waals surface area contributed by atoms with Gasteiger partial charge in [-0.2, -0.15) is 4.98 Å². The first kappa shape index (κ1) is 12.7. The van der Waals surface area contributed by atoms with Gasteiger partial charge in [-0.25, -0.2) is 8.42 Å². The summed E-state index contributed by atoms with van der Waals surface area (Å²) in [6.07, 6.45) is 1.15. The van der Waals surface area contributed by atoms with Crippen LogP contribution in [-0.2, 0) is 21.2 Å². The number of sulfone groups is 1. The highest BCUT2D eigenvalue weighted by molar-refractivity contribution is 7.90. The molecule has 0 bridgehead atoms. The zero-order valence-corrected chi connectivity index (χ0v) is 10.8. The summed E-state index contributed by atoms with van der Waals surface area (Å²) in [7, 11) is -1.72. The number of ether oxygens (including phenoxy) is 1. The predicted octanol–water partition coefficient (Wildman–Crippen LogP) is 1.29. The van der Waals surface area contributed by atoms with Crippen LogP contribution in [0.1, 0.15) is 5.82 Å². The fourth-order valence-electron chi connectivity index (χ4n) is 1.42. The molecule has 0 radical (unpaired) electrons. The van der Waals surface area contributed by atoms with E-state index in [1.165, 1.54) is 19.2 Å². The van der Waals surface area contributed by atoms with Crippen LogP contribution >= 0.6 is 0 Å². The molecule has 7 heteroatoms. The van der Waals surface area contributed by atoms with Gasteiger partial charge in [-0.1, -0.05) is 11.2 Å². The van der Waals surface area contributed by atoms with Gasteiger partial charge in [0.25, 0.3) is 5.89 Å². The van der Waals surface area contributed by atoms with Crippen molar-refractivity contribution in [2.75, 3.05) is 13.4 Å². The van der Waals surface area contributed by atoms with E-state index < -0.39 is 9.84 Å². The fourth-order valence-corrected chi connectivity index (χ4v) is 2.09. The van der Waals surface area contributed by atoms with Crippen molar-refractivity contribution in [2.45, 2.75) is 11.5 Å². The Kier molecular flexibility index (Phi) is 3.44. The molecule has 0 aliphatic carbocycles. The number of methoxy groups -OCH3 is 1. The van der Waals surface area contributed by atoms with Gasteiger partial charge in [0.15, 0.2) is 15.7 Å². The summed E-state index contributed by atoms with van der Waals surface area (Å²) in [4.78, 5) is 4.31. The maximum Gasteiger partial charge on any atom is 0.258 e. The van der Waals surface area contributed by atoms with Crippen LogP contribution in [0.25, 0.3) is 11.5 Å². The summed E-state index contributed by atoms with van der Waals surface area (Å²) in [6, 6.07) is 6.36. The Hall–Kier alpha value is -1.73. The van der Waals surface area contributed by atoms with Gasteiger partial charge in [-0.3, -0.25) is 0 Å². The molecule has 0 saturated carbocycles. The van der Waals surface area contributed by atoms with E-state index in [1.807, 2.05) is 0 Å². The average Bonchev–Trinajstić information content (AvgIpc) is 2.77. The largest absolute Gasteiger partial charge is 0.377 e. The molecule has 1 aromatic carbocycles. The van der Waals surface area contributed by atoms with E-state index >= 15 is 0 Å². The lowest BCUT2D eigenvalue weighted by molar-refractivity contribution is 0.174. The second-order valence-electron chi connectivity index (χ2n) is 3.75. The second kappa shape index (κ2) is 4.87. The number of rotatable bonds is 4. The Morgan fingerprint density at radius 2 is 2.17 bits per heavy atom. The lowest BCUT2D eigenvalue weighted by Crippen LogP contribution is -1.96. The zero-order valence-electron chi connectivity index (χ0n) is 9.95. The van der Waals surface area contributed by atoms with Crippen LogP contribution in [0.15, 0.2) is 33.7 Å². The quantitative estimate of drug-likeness (QED) is 0.830. The molecule has 0 spiro atoms. The van der Waals surface area contributed by atoms with E-state index in [0.717, 1.165) is 6.26 Å². The fraction of sp³-hybridized carbons (Fsp3) is 0.273. The molecule has 0 atom stereocenters. The van der Waals surface area contributed by atoms with Crippen molar-refractivity contribution in [1.82, 2.24) is 10.1 Å². The van der Waals surface area contributed by atoms with Crippen LogP contribution in [0.5, 0.6) is 0 Å². The standard InChI is InChI=1S/C11H12N2O4S/c1-16-7-10-12-11(17-13-10)8-4-3-5-9(6-8)18(2,14)15/h3-6H,7H2,1-2H3. The van der Waals surface area contributed by atoms with Gasteiger partial charge in [0.05, 0.1) is 4.90 Å². The van der Waals surface area contributed by atoms with Crippen molar-refractivity contribution in [3.8, 4) is 11.5 Å². The third-order valence-electron chi connectivity index (χ3n) is 2.25. The molecule has 2 aromatic rings. The van der Waals surface area contributed by atoms with Crippen LogP contribution < -0.4 is 0 Å². The summed E-state index contributed by atoms with van der Waals surface area (Å²) in [5, 5.41) is 3.71.